The molecule has 6 nitrogen and oxygen atoms in total. The summed E-state index contributed by atoms with van der Waals surface area (Å²) in [7, 11) is 0. The normalized spacial score (nSPS) is 53.1. The van der Waals surface area contributed by atoms with Gasteiger partial charge in [0.05, 0.1) is 16.1 Å². The first-order valence-corrected chi connectivity index (χ1v) is 15.1. The molecule has 7 atom stereocenters. The Hall–Kier alpha value is 1.21. The van der Waals surface area contributed by atoms with Crippen molar-refractivity contribution in [2.45, 2.75) is 67.9 Å². The van der Waals surface area contributed by atoms with E-state index in [2.05, 4.69) is 43.9 Å². The van der Waals surface area contributed by atoms with Gasteiger partial charge >= 0.3 is 0 Å². The second kappa shape index (κ2) is 6.61. The quantitative estimate of drug-likeness (QED) is 0.272. The number of rotatable bonds is 4. The fourth-order valence-corrected chi connectivity index (χ4v) is 12.4. The Morgan fingerprint density at radius 1 is 1.11 bits per heavy atom. The Labute approximate surface area is 199 Å². The van der Waals surface area contributed by atoms with Crippen LogP contribution in [0.1, 0.15) is 27.7 Å². The van der Waals surface area contributed by atoms with Crippen LogP contribution < -0.4 is 0 Å². The highest BCUT2D eigenvalue weighted by Gasteiger charge is 2.89. The lowest BCUT2D eigenvalue weighted by atomic mass is 9.89. The summed E-state index contributed by atoms with van der Waals surface area (Å²) in [6.07, 6.45) is 1.23. The Balaban J connectivity index is 1.85. The van der Waals surface area contributed by atoms with Crippen LogP contribution in [0.5, 0.6) is 0 Å². The number of aliphatic hydroxyl groups is 1. The first kappa shape index (κ1) is 22.4. The van der Waals surface area contributed by atoms with Gasteiger partial charge in [-0.2, -0.15) is 0 Å². The van der Waals surface area contributed by atoms with E-state index in [-0.39, 0.29) is 18.1 Å². The molecule has 4 unspecified atom stereocenters. The van der Waals surface area contributed by atoms with Crippen molar-refractivity contribution in [3.05, 3.63) is 18.4 Å². The van der Waals surface area contributed by atoms with Gasteiger partial charge in [-0.15, -0.1) is 26.5 Å². The Morgan fingerprint density at radius 3 is 2.29 bits per heavy atom. The predicted octanol–water partition coefficient (Wildman–Crippen LogP) is 3.35. The molecule has 4 rings (SSSR count). The summed E-state index contributed by atoms with van der Waals surface area (Å²) in [5.41, 5.74) is 1.57. The molecule has 3 aliphatic heterocycles. The number of alkyl halides is 3. The summed E-state index contributed by atoms with van der Waals surface area (Å²) in [6, 6.07) is 0. The number of ether oxygens (including phenoxy) is 5. The van der Waals surface area contributed by atoms with Crippen molar-refractivity contribution in [2.24, 2.45) is 5.92 Å². The van der Waals surface area contributed by atoms with E-state index in [1.807, 2.05) is 27.7 Å². The molecular formula is C19H25I3O6. The zero-order valence-electron chi connectivity index (χ0n) is 16.3. The van der Waals surface area contributed by atoms with Crippen molar-refractivity contribution >= 4 is 73.1 Å². The maximum atomic E-state index is 12.0. The lowest BCUT2D eigenvalue weighted by molar-refractivity contribution is -0.225. The standard InChI is InChI=1S/C19H25I3O6/c1-8-9-16-18(20,23)12-13(26-19(16,22-7)28-15(4,5)27-16)17(12,21-6)11-10-24-14(2,3)25-11/h9,11-13,23H,1,6-7,10H2,2-5H3/t11-,12?,13?,16+,17?,18-,19?/m0/s1. The molecule has 0 bridgehead atoms. The van der Waals surface area contributed by atoms with Crippen LogP contribution in [0.3, 0.4) is 0 Å². The fourth-order valence-electron chi connectivity index (χ4n) is 4.70. The van der Waals surface area contributed by atoms with Crippen LogP contribution >= 0.6 is 64.1 Å². The summed E-state index contributed by atoms with van der Waals surface area (Å²) in [6.45, 7) is 11.6. The van der Waals surface area contributed by atoms with Crippen LogP contribution in [-0.4, -0.2) is 60.9 Å². The summed E-state index contributed by atoms with van der Waals surface area (Å²) >= 11 is 0.582. The number of halogens is 3. The number of fused-ring (bicyclic) bond motifs is 2. The zero-order valence-corrected chi connectivity index (χ0v) is 22.7. The van der Waals surface area contributed by atoms with E-state index in [4.69, 9.17) is 23.7 Å². The van der Waals surface area contributed by atoms with E-state index in [0.717, 1.165) is 0 Å². The minimum atomic E-state index is -1.32. The van der Waals surface area contributed by atoms with Crippen molar-refractivity contribution in [1.82, 2.24) is 0 Å². The largest absolute Gasteiger partial charge is 0.375 e. The average molecular weight is 730 g/mol. The number of hydrogen-bond donors (Lipinski definition) is 1. The molecule has 0 aromatic rings. The molecule has 0 aromatic carbocycles. The third kappa shape index (κ3) is 2.70. The van der Waals surface area contributed by atoms with E-state index in [1.165, 1.54) is 0 Å². The molecule has 4 aliphatic rings. The maximum Gasteiger partial charge on any atom is 0.256 e. The van der Waals surface area contributed by atoms with Crippen LogP contribution in [0, 0.1) is 5.92 Å². The fraction of sp³-hybridized carbons (Fsp3) is 0.737. The average Bonchev–Trinajstić information content (AvgIpc) is 2.98. The van der Waals surface area contributed by atoms with Crippen molar-refractivity contribution in [3.8, 4) is 0 Å². The molecule has 0 amide bonds. The van der Waals surface area contributed by atoms with Crippen LogP contribution in [0.25, 0.3) is 0 Å². The minimum absolute atomic E-state index is 0.194. The second-order valence-corrected chi connectivity index (χ2v) is 14.8. The van der Waals surface area contributed by atoms with Crippen molar-refractivity contribution in [1.29, 1.82) is 0 Å². The van der Waals surface area contributed by atoms with Crippen molar-refractivity contribution < 1.29 is 28.8 Å². The Bertz CT molecular complexity index is 791. The minimum Gasteiger partial charge on any atom is -0.375 e. The first-order valence-electron chi connectivity index (χ1n) is 8.84. The highest BCUT2D eigenvalue weighted by Crippen LogP contribution is 2.76. The maximum absolute atomic E-state index is 12.0. The summed E-state index contributed by atoms with van der Waals surface area (Å²) in [4.78, 5) is 0. The van der Waals surface area contributed by atoms with Gasteiger partial charge in [0.2, 0.25) is 0 Å². The molecule has 0 aromatic heterocycles. The third-order valence-electron chi connectivity index (χ3n) is 5.76. The van der Waals surface area contributed by atoms with Gasteiger partial charge in [-0.3, -0.25) is 0 Å². The van der Waals surface area contributed by atoms with Crippen LogP contribution in [0.2, 0.25) is 0 Å². The molecule has 0 radical (unpaired) electrons. The molecular weight excluding hydrogens is 705 g/mol. The van der Waals surface area contributed by atoms with Gasteiger partial charge in [-0.05, 0) is 56.4 Å². The lowest BCUT2D eigenvalue weighted by Crippen LogP contribution is -2.65. The molecule has 1 saturated carbocycles. The molecule has 4 fully saturated rings. The first-order chi connectivity index (χ1) is 12.9. The van der Waals surface area contributed by atoms with Crippen molar-refractivity contribution in [2.75, 3.05) is 6.61 Å². The highest BCUT2D eigenvalue weighted by molar-refractivity contribution is 14.2. The van der Waals surface area contributed by atoms with Crippen molar-refractivity contribution in [3.63, 3.8) is 0 Å². The van der Waals surface area contributed by atoms with Crippen LogP contribution in [0.15, 0.2) is 18.4 Å². The molecule has 1 N–H and O–H groups in total. The third-order valence-corrected chi connectivity index (χ3v) is 12.8. The van der Waals surface area contributed by atoms with Gasteiger partial charge in [-0.1, -0.05) is 36.3 Å². The molecule has 0 spiro atoms. The summed E-state index contributed by atoms with van der Waals surface area (Å²) in [5.74, 6) is -1.82. The van der Waals surface area contributed by atoms with Gasteiger partial charge in [0, 0.05) is 5.92 Å². The van der Waals surface area contributed by atoms with E-state index >= 15 is 0 Å². The van der Waals surface area contributed by atoms with Gasteiger partial charge in [0.1, 0.15) is 6.10 Å². The topological polar surface area (TPSA) is 66.4 Å². The monoisotopic (exact) mass is 730 g/mol. The van der Waals surface area contributed by atoms with Gasteiger partial charge in [0.15, 0.2) is 20.8 Å². The van der Waals surface area contributed by atoms with E-state index in [1.54, 1.807) is 6.08 Å². The van der Waals surface area contributed by atoms with Crippen LogP contribution in [0.4, 0.5) is 0 Å². The molecule has 9 heteroatoms. The van der Waals surface area contributed by atoms with E-state index in [0.29, 0.717) is 6.61 Å². The smallest absolute Gasteiger partial charge is 0.256 e. The van der Waals surface area contributed by atoms with E-state index < -0.39 is 69.5 Å². The highest BCUT2D eigenvalue weighted by atomic mass is 127. The predicted molar refractivity (Wildman–Crippen MR) is 133 cm³/mol. The molecule has 3 saturated heterocycles. The lowest BCUT2D eigenvalue weighted by Gasteiger charge is -2.48. The van der Waals surface area contributed by atoms with Gasteiger partial charge in [0.25, 0.3) is 3.79 Å². The van der Waals surface area contributed by atoms with Gasteiger partial charge in [-0.25, -0.2) is 0 Å². The summed E-state index contributed by atoms with van der Waals surface area (Å²) < 4.78 is 37.0. The number of hydrogen-bond acceptors (Lipinski definition) is 6. The molecule has 158 valence electrons. The second-order valence-electron chi connectivity index (χ2n) is 8.33. The Morgan fingerprint density at radius 2 is 1.79 bits per heavy atom. The summed E-state index contributed by atoms with van der Waals surface area (Å²) in [5, 5.41) is 12.0. The Kier molecular flexibility index (Phi) is 5.29. The molecule has 3 heterocycles. The van der Waals surface area contributed by atoms with E-state index in [9.17, 15) is 5.11 Å². The SMILES string of the molecule is C=C=C[C@]12OC(C)(C)OC1(I=C)OC1C(C1(I=C)[C@@H]1COC(C)(C)O1)[C@@]2(O)I. The van der Waals surface area contributed by atoms with Gasteiger partial charge < -0.3 is 28.8 Å². The van der Waals surface area contributed by atoms with Crippen LogP contribution in [-0.2, 0) is 23.7 Å². The zero-order chi connectivity index (χ0) is 20.8. The molecule has 28 heavy (non-hydrogen) atoms. The molecule has 1 aliphatic carbocycles.